The lowest BCUT2D eigenvalue weighted by Crippen LogP contribution is -2.27. The second-order valence-electron chi connectivity index (χ2n) is 2.96. The first-order chi connectivity index (χ1) is 7.63. The minimum atomic E-state index is -1.21. The Kier molecular flexibility index (Phi) is 4.54. The van der Waals surface area contributed by atoms with Gasteiger partial charge in [-0.3, -0.25) is 4.79 Å². The van der Waals surface area contributed by atoms with Crippen molar-refractivity contribution < 1.29 is 14.7 Å². The van der Waals surface area contributed by atoms with E-state index >= 15 is 0 Å². The molecule has 0 aromatic heterocycles. The van der Waals surface area contributed by atoms with Gasteiger partial charge in [0.15, 0.2) is 0 Å². The third-order valence-electron chi connectivity index (χ3n) is 1.74. The molecule has 0 fully saturated rings. The van der Waals surface area contributed by atoms with Gasteiger partial charge >= 0.3 is 5.97 Å². The molecule has 1 amide bonds. The molecule has 1 aromatic carbocycles. The first-order valence-electron chi connectivity index (χ1n) is 4.49. The SMILES string of the molecule is O=C(CCl)N/C(=C/c1ccccc1)C(=O)O. The fourth-order valence-corrected chi connectivity index (χ4v) is 1.12. The molecule has 2 N–H and O–H groups in total. The van der Waals surface area contributed by atoms with Gasteiger partial charge in [0, 0.05) is 0 Å². The summed E-state index contributed by atoms with van der Waals surface area (Å²) in [7, 11) is 0. The molecule has 0 radical (unpaired) electrons. The molecule has 0 atom stereocenters. The van der Waals surface area contributed by atoms with Crippen molar-refractivity contribution >= 4 is 29.6 Å². The Balaban J connectivity index is 2.90. The van der Waals surface area contributed by atoms with Crippen LogP contribution in [0.25, 0.3) is 6.08 Å². The predicted octanol–water partition coefficient (Wildman–Crippen LogP) is 1.47. The number of carbonyl (C=O) groups excluding carboxylic acids is 1. The van der Waals surface area contributed by atoms with Crippen LogP contribution >= 0.6 is 11.6 Å². The van der Waals surface area contributed by atoms with E-state index in [2.05, 4.69) is 5.32 Å². The number of carboxylic acid groups (broad SMARTS) is 1. The number of hydrogen-bond donors (Lipinski definition) is 2. The van der Waals surface area contributed by atoms with Crippen molar-refractivity contribution in [3.8, 4) is 0 Å². The summed E-state index contributed by atoms with van der Waals surface area (Å²) in [5.41, 5.74) is 0.492. The first-order valence-corrected chi connectivity index (χ1v) is 5.03. The second kappa shape index (κ2) is 5.92. The lowest BCUT2D eigenvalue weighted by molar-refractivity contribution is -0.134. The van der Waals surface area contributed by atoms with E-state index in [9.17, 15) is 9.59 Å². The number of rotatable bonds is 4. The number of carboxylic acids is 1. The minimum Gasteiger partial charge on any atom is -0.477 e. The van der Waals surface area contributed by atoms with E-state index in [1.807, 2.05) is 6.07 Å². The zero-order valence-electron chi connectivity index (χ0n) is 8.31. The van der Waals surface area contributed by atoms with E-state index in [0.717, 1.165) is 0 Å². The van der Waals surface area contributed by atoms with Crippen LogP contribution in [0.5, 0.6) is 0 Å². The summed E-state index contributed by atoms with van der Waals surface area (Å²) >= 11 is 5.27. The van der Waals surface area contributed by atoms with Crippen LogP contribution in [0.15, 0.2) is 36.0 Å². The third-order valence-corrected chi connectivity index (χ3v) is 1.98. The molecule has 0 saturated carbocycles. The average molecular weight is 240 g/mol. The Morgan fingerprint density at radius 3 is 2.44 bits per heavy atom. The van der Waals surface area contributed by atoms with Gasteiger partial charge < -0.3 is 10.4 Å². The predicted molar refractivity (Wildman–Crippen MR) is 60.9 cm³/mol. The van der Waals surface area contributed by atoms with E-state index in [-0.39, 0.29) is 11.6 Å². The molecule has 0 unspecified atom stereocenters. The van der Waals surface area contributed by atoms with E-state index in [1.54, 1.807) is 24.3 Å². The van der Waals surface area contributed by atoms with Gasteiger partial charge in [-0.25, -0.2) is 4.79 Å². The van der Waals surface area contributed by atoms with Gasteiger partial charge in [0.2, 0.25) is 5.91 Å². The number of carbonyl (C=O) groups is 2. The van der Waals surface area contributed by atoms with Crippen molar-refractivity contribution in [3.63, 3.8) is 0 Å². The van der Waals surface area contributed by atoms with Gasteiger partial charge in [0.25, 0.3) is 0 Å². The number of alkyl halides is 1. The molecule has 0 bridgehead atoms. The number of amides is 1. The fourth-order valence-electron chi connectivity index (χ4n) is 1.05. The van der Waals surface area contributed by atoms with Crippen LogP contribution in [0.3, 0.4) is 0 Å². The van der Waals surface area contributed by atoms with Gasteiger partial charge in [0.05, 0.1) is 0 Å². The summed E-state index contributed by atoms with van der Waals surface area (Å²) in [6.45, 7) is 0. The maximum atomic E-state index is 11.0. The molecular formula is C11H10ClNO3. The summed E-state index contributed by atoms with van der Waals surface area (Å²) in [6, 6.07) is 8.82. The fraction of sp³-hybridized carbons (Fsp3) is 0.0909. The maximum Gasteiger partial charge on any atom is 0.352 e. The molecule has 16 heavy (non-hydrogen) atoms. The molecule has 0 spiro atoms. The largest absolute Gasteiger partial charge is 0.477 e. The van der Waals surface area contributed by atoms with E-state index in [1.165, 1.54) is 6.08 Å². The highest BCUT2D eigenvalue weighted by Crippen LogP contribution is 2.04. The zero-order chi connectivity index (χ0) is 12.0. The van der Waals surface area contributed by atoms with E-state index in [4.69, 9.17) is 16.7 Å². The molecule has 4 nitrogen and oxygen atoms in total. The van der Waals surface area contributed by atoms with E-state index in [0.29, 0.717) is 5.56 Å². The molecule has 0 aliphatic heterocycles. The highest BCUT2D eigenvalue weighted by molar-refractivity contribution is 6.27. The molecular weight excluding hydrogens is 230 g/mol. The number of hydrogen-bond acceptors (Lipinski definition) is 2. The van der Waals surface area contributed by atoms with Crippen LogP contribution in [-0.2, 0) is 9.59 Å². The summed E-state index contributed by atoms with van der Waals surface area (Å²) in [6.07, 6.45) is 1.37. The van der Waals surface area contributed by atoms with Crippen LogP contribution in [-0.4, -0.2) is 22.9 Å². The van der Waals surface area contributed by atoms with Crippen LogP contribution in [0, 0.1) is 0 Å². The van der Waals surface area contributed by atoms with Gasteiger partial charge in [-0.2, -0.15) is 0 Å². The molecule has 1 aromatic rings. The Bertz CT molecular complexity index is 414. The van der Waals surface area contributed by atoms with E-state index < -0.39 is 11.9 Å². The Labute approximate surface area is 97.5 Å². The van der Waals surface area contributed by atoms with Crippen LogP contribution < -0.4 is 5.32 Å². The van der Waals surface area contributed by atoms with Gasteiger partial charge in [-0.15, -0.1) is 11.6 Å². The zero-order valence-corrected chi connectivity index (χ0v) is 9.07. The maximum absolute atomic E-state index is 11.0. The quantitative estimate of drug-likeness (QED) is 0.618. The highest BCUT2D eigenvalue weighted by atomic mass is 35.5. The summed E-state index contributed by atoms with van der Waals surface area (Å²) in [5, 5.41) is 11.1. The monoisotopic (exact) mass is 239 g/mol. The van der Waals surface area contributed by atoms with Crippen LogP contribution in [0.1, 0.15) is 5.56 Å². The number of aliphatic carboxylic acids is 1. The number of nitrogens with one attached hydrogen (secondary N) is 1. The molecule has 0 aliphatic carbocycles. The molecule has 0 saturated heterocycles. The third kappa shape index (κ3) is 3.74. The molecule has 5 heteroatoms. The molecule has 0 heterocycles. The topological polar surface area (TPSA) is 66.4 Å². The summed E-state index contributed by atoms with van der Waals surface area (Å²) < 4.78 is 0. The van der Waals surface area contributed by atoms with Crippen LogP contribution in [0.4, 0.5) is 0 Å². The second-order valence-corrected chi connectivity index (χ2v) is 3.22. The van der Waals surface area contributed by atoms with Crippen molar-refractivity contribution in [2.45, 2.75) is 0 Å². The lowest BCUT2D eigenvalue weighted by Gasteiger charge is -2.03. The summed E-state index contributed by atoms with van der Waals surface area (Å²) in [4.78, 5) is 21.8. The Morgan fingerprint density at radius 1 is 1.31 bits per heavy atom. The first kappa shape index (κ1) is 12.3. The van der Waals surface area contributed by atoms with Crippen molar-refractivity contribution in [2.24, 2.45) is 0 Å². The smallest absolute Gasteiger partial charge is 0.352 e. The van der Waals surface area contributed by atoms with Gasteiger partial charge in [-0.1, -0.05) is 30.3 Å². The van der Waals surface area contributed by atoms with Crippen molar-refractivity contribution in [1.29, 1.82) is 0 Å². The summed E-state index contributed by atoms with van der Waals surface area (Å²) in [5.74, 6) is -2.03. The van der Waals surface area contributed by atoms with Crippen molar-refractivity contribution in [2.75, 3.05) is 5.88 Å². The van der Waals surface area contributed by atoms with Crippen molar-refractivity contribution in [1.82, 2.24) is 5.32 Å². The molecule has 0 aliphatic rings. The normalized spacial score (nSPS) is 10.9. The van der Waals surface area contributed by atoms with Crippen molar-refractivity contribution in [3.05, 3.63) is 41.6 Å². The number of benzene rings is 1. The highest BCUT2D eigenvalue weighted by Gasteiger charge is 2.10. The minimum absolute atomic E-state index is 0.197. The standard InChI is InChI=1S/C11H10ClNO3/c12-7-10(14)13-9(11(15)16)6-8-4-2-1-3-5-8/h1-6H,7H2,(H,13,14)(H,15,16)/b9-6+. The lowest BCUT2D eigenvalue weighted by atomic mass is 10.2. The van der Waals surface area contributed by atoms with Gasteiger partial charge in [0.1, 0.15) is 11.6 Å². The van der Waals surface area contributed by atoms with Gasteiger partial charge in [-0.05, 0) is 11.6 Å². The molecule has 84 valence electrons. The number of halogens is 1. The Hall–Kier alpha value is -1.81. The molecule has 1 rings (SSSR count). The average Bonchev–Trinajstić information content (AvgIpc) is 2.29. The van der Waals surface area contributed by atoms with Crippen LogP contribution in [0.2, 0.25) is 0 Å². The Morgan fingerprint density at radius 2 is 1.94 bits per heavy atom.